The van der Waals surface area contributed by atoms with Crippen LogP contribution in [0.25, 0.3) is 0 Å². The van der Waals surface area contributed by atoms with Crippen LogP contribution in [-0.2, 0) is 13.0 Å². The van der Waals surface area contributed by atoms with Gasteiger partial charge in [0.05, 0.1) is 6.61 Å². The minimum atomic E-state index is -3.08. The molecule has 7 heteroatoms. The Labute approximate surface area is 127 Å². The summed E-state index contributed by atoms with van der Waals surface area (Å²) in [5.74, 6) is 0. The topological polar surface area (TPSA) is 47.9 Å². The number of hydrogen-bond acceptors (Lipinski definition) is 4. The molecule has 0 unspecified atom stereocenters. The van der Waals surface area contributed by atoms with E-state index in [0.717, 1.165) is 12.0 Å². The van der Waals surface area contributed by atoms with Gasteiger partial charge in [0.1, 0.15) is 0 Å². The predicted octanol–water partition coefficient (Wildman–Crippen LogP) is 3.60. The predicted molar refractivity (Wildman–Crippen MR) is 91.9 cm³/mol. The van der Waals surface area contributed by atoms with Crippen LogP contribution in [0.15, 0.2) is 12.2 Å². The molecule has 0 spiro atoms. The first kappa shape index (κ1) is 20.2. The minimum Gasteiger partial charge on any atom is -0.416 e. The van der Waals surface area contributed by atoms with Crippen LogP contribution >= 0.6 is 0 Å². The van der Waals surface area contributed by atoms with Crippen molar-refractivity contribution in [1.82, 2.24) is 0 Å². The second-order valence-corrected chi connectivity index (χ2v) is 19.3. The van der Waals surface area contributed by atoms with Gasteiger partial charge in [-0.1, -0.05) is 12.2 Å². The third-order valence-electron chi connectivity index (χ3n) is 2.06. The molecule has 4 nitrogen and oxygen atoms in total. The molecule has 0 aromatic rings. The van der Waals surface area contributed by atoms with E-state index in [0.29, 0.717) is 19.3 Å². The molecule has 0 amide bonds. The van der Waals surface area contributed by atoms with Crippen LogP contribution in [0, 0.1) is 0 Å². The molecule has 0 radical (unpaired) electrons. The van der Waals surface area contributed by atoms with Crippen molar-refractivity contribution >= 4 is 25.4 Å². The van der Waals surface area contributed by atoms with Crippen LogP contribution in [0.1, 0.15) is 13.3 Å². The van der Waals surface area contributed by atoms with Crippen LogP contribution in [0.4, 0.5) is 0 Å². The van der Waals surface area contributed by atoms with Crippen LogP contribution in [0.2, 0.25) is 45.3 Å². The maximum atomic E-state index is 10.8. The van der Waals surface area contributed by atoms with Gasteiger partial charge in [-0.05, 0) is 52.6 Å². The summed E-state index contributed by atoms with van der Waals surface area (Å²) in [5, 5.41) is 0. The highest BCUT2D eigenvalue weighted by atomic mass is 28.5. The molecule has 0 aliphatic heterocycles. The largest absolute Gasteiger partial charge is 0.477 e. The number of rotatable bonds is 10. The standard InChI is InChI=1S/C13H32O4Si3/c1-13(2)12-15-10-9-11-20(14,16-18(3,4)5)17-19(6,7)8/h14H,1,9-12H2,2-8H3. The van der Waals surface area contributed by atoms with E-state index in [2.05, 4.69) is 45.9 Å². The fourth-order valence-corrected chi connectivity index (χ4v) is 11.3. The van der Waals surface area contributed by atoms with E-state index in [4.69, 9.17) is 13.0 Å². The molecule has 0 heterocycles. The van der Waals surface area contributed by atoms with Gasteiger partial charge in [-0.25, -0.2) is 0 Å². The molecule has 20 heavy (non-hydrogen) atoms. The molecule has 1 N–H and O–H groups in total. The highest BCUT2D eigenvalue weighted by Gasteiger charge is 2.43. The molecule has 0 atom stereocenters. The van der Waals surface area contributed by atoms with Crippen LogP contribution < -0.4 is 0 Å². The zero-order chi connectivity index (χ0) is 16.0. The Morgan fingerprint density at radius 1 is 1.00 bits per heavy atom. The van der Waals surface area contributed by atoms with Crippen LogP contribution in [0.3, 0.4) is 0 Å². The summed E-state index contributed by atoms with van der Waals surface area (Å²) in [4.78, 5) is 10.8. The monoisotopic (exact) mass is 336 g/mol. The minimum absolute atomic E-state index is 0.567. The van der Waals surface area contributed by atoms with E-state index in [1.54, 1.807) is 0 Å². The smallest absolute Gasteiger partial charge is 0.416 e. The third-order valence-corrected chi connectivity index (χ3v) is 10.5. The second-order valence-electron chi connectivity index (χ2n) is 7.25. The summed E-state index contributed by atoms with van der Waals surface area (Å²) in [6, 6.07) is 0.567. The molecule has 0 fully saturated rings. The van der Waals surface area contributed by atoms with E-state index in [-0.39, 0.29) is 0 Å². The molecule has 0 saturated carbocycles. The molecule has 0 aromatic carbocycles. The van der Waals surface area contributed by atoms with E-state index in [1.165, 1.54) is 0 Å². The van der Waals surface area contributed by atoms with E-state index >= 15 is 0 Å². The molecule has 0 rings (SSSR count). The molecular formula is C13H32O4Si3. The van der Waals surface area contributed by atoms with Gasteiger partial charge in [0.15, 0.2) is 16.6 Å². The number of hydrogen-bond donors (Lipinski definition) is 1. The van der Waals surface area contributed by atoms with Crippen molar-refractivity contribution in [3.05, 3.63) is 12.2 Å². The Morgan fingerprint density at radius 3 is 1.80 bits per heavy atom. The first-order valence-corrected chi connectivity index (χ1v) is 16.0. The van der Waals surface area contributed by atoms with Gasteiger partial charge in [0, 0.05) is 12.7 Å². The van der Waals surface area contributed by atoms with E-state index < -0.39 is 25.4 Å². The van der Waals surface area contributed by atoms with Crippen LogP contribution in [-0.4, -0.2) is 43.4 Å². The molecule has 0 aliphatic carbocycles. The second kappa shape index (κ2) is 8.02. The quantitative estimate of drug-likeness (QED) is 0.376. The molecular weight excluding hydrogens is 304 g/mol. The van der Waals surface area contributed by atoms with Crippen molar-refractivity contribution in [2.45, 2.75) is 58.7 Å². The van der Waals surface area contributed by atoms with Gasteiger partial charge in [-0.3, -0.25) is 0 Å². The fourth-order valence-electron chi connectivity index (χ4n) is 1.72. The maximum Gasteiger partial charge on any atom is 0.477 e. The average molecular weight is 337 g/mol. The maximum absolute atomic E-state index is 10.8. The van der Waals surface area contributed by atoms with Crippen molar-refractivity contribution in [1.29, 1.82) is 0 Å². The van der Waals surface area contributed by atoms with Crippen molar-refractivity contribution in [2.24, 2.45) is 0 Å². The summed E-state index contributed by atoms with van der Waals surface area (Å²) in [5.41, 5.74) is 1.01. The summed E-state index contributed by atoms with van der Waals surface area (Å²) in [7, 11) is -6.73. The van der Waals surface area contributed by atoms with Gasteiger partial charge < -0.3 is 17.8 Å². The number of ether oxygens (including phenoxy) is 1. The van der Waals surface area contributed by atoms with Gasteiger partial charge in [-0.2, -0.15) is 0 Å². The van der Waals surface area contributed by atoms with Crippen molar-refractivity contribution in [3.63, 3.8) is 0 Å². The Balaban J connectivity index is 4.43. The van der Waals surface area contributed by atoms with Gasteiger partial charge >= 0.3 is 8.80 Å². The first-order valence-electron chi connectivity index (χ1n) is 7.18. The summed E-state index contributed by atoms with van der Waals surface area (Å²) in [6.45, 7) is 19.4. The lowest BCUT2D eigenvalue weighted by Crippen LogP contribution is -2.55. The van der Waals surface area contributed by atoms with E-state index in [1.807, 2.05) is 6.92 Å². The lowest BCUT2D eigenvalue weighted by Gasteiger charge is -2.35. The summed E-state index contributed by atoms with van der Waals surface area (Å²) >= 11 is 0. The molecule has 120 valence electrons. The molecule has 0 aromatic heterocycles. The fraction of sp³-hybridized carbons (Fsp3) is 0.846. The first-order chi connectivity index (χ1) is 8.83. The Bertz CT molecular complexity index is 292. The lowest BCUT2D eigenvalue weighted by molar-refractivity contribution is 0.151. The zero-order valence-corrected chi connectivity index (χ0v) is 17.2. The van der Waals surface area contributed by atoms with E-state index in [9.17, 15) is 4.80 Å². The lowest BCUT2D eigenvalue weighted by atomic mass is 10.4. The molecule has 0 bridgehead atoms. The highest BCUT2D eigenvalue weighted by Crippen LogP contribution is 2.23. The summed E-state index contributed by atoms with van der Waals surface area (Å²) in [6.07, 6.45) is 0.755. The third kappa shape index (κ3) is 12.0. The molecule has 0 aliphatic rings. The van der Waals surface area contributed by atoms with Gasteiger partial charge in [-0.15, -0.1) is 0 Å². The molecule has 0 saturated heterocycles. The Hall–Kier alpha value is 0.231. The van der Waals surface area contributed by atoms with Crippen molar-refractivity contribution < 1.29 is 17.8 Å². The van der Waals surface area contributed by atoms with Crippen molar-refractivity contribution in [2.75, 3.05) is 13.2 Å². The average Bonchev–Trinajstić information content (AvgIpc) is 2.09. The normalized spacial score (nSPS) is 13.6. The Morgan fingerprint density at radius 2 is 1.45 bits per heavy atom. The SMILES string of the molecule is C=C(C)COCCC[Si](O)(O[Si](C)(C)C)O[Si](C)(C)C. The van der Waals surface area contributed by atoms with Gasteiger partial charge in [0.25, 0.3) is 0 Å². The highest BCUT2D eigenvalue weighted by molar-refractivity contribution is 6.85. The summed E-state index contributed by atoms with van der Waals surface area (Å²) < 4.78 is 17.5. The zero-order valence-electron chi connectivity index (χ0n) is 14.2. The van der Waals surface area contributed by atoms with Crippen molar-refractivity contribution in [3.8, 4) is 0 Å². The van der Waals surface area contributed by atoms with Crippen LogP contribution in [0.5, 0.6) is 0 Å². The van der Waals surface area contributed by atoms with Gasteiger partial charge in [0.2, 0.25) is 0 Å². The Kier molecular flexibility index (Phi) is 8.11.